The molecule has 0 aliphatic carbocycles. The largest absolute Gasteiger partial charge is 0.407 e. The second-order valence-corrected chi connectivity index (χ2v) is 6.16. The quantitative estimate of drug-likeness (QED) is 0.882. The Kier molecular flexibility index (Phi) is 4.73. The first-order valence-corrected chi connectivity index (χ1v) is 7.33. The zero-order chi connectivity index (χ0) is 13.0. The van der Waals surface area contributed by atoms with Crippen LogP contribution in [0.4, 0.5) is 6.01 Å². The molecule has 7 heteroatoms. The molecule has 0 bridgehead atoms. The van der Waals surface area contributed by atoms with Crippen LogP contribution in [0.2, 0.25) is 0 Å². The van der Waals surface area contributed by atoms with E-state index in [1.54, 1.807) is 11.3 Å². The van der Waals surface area contributed by atoms with Crippen LogP contribution in [-0.4, -0.2) is 23.8 Å². The van der Waals surface area contributed by atoms with Gasteiger partial charge in [-0.2, -0.15) is 0 Å². The fourth-order valence-corrected chi connectivity index (χ4v) is 2.67. The fourth-order valence-electron chi connectivity index (χ4n) is 1.47. The summed E-state index contributed by atoms with van der Waals surface area (Å²) in [6, 6.07) is 2.64. The number of thiophene rings is 1. The third kappa shape index (κ3) is 3.54. The molecule has 0 saturated carbocycles. The summed E-state index contributed by atoms with van der Waals surface area (Å²) in [5, 5.41) is 13.3. The minimum Gasteiger partial charge on any atom is -0.407 e. The molecule has 0 aliphatic heterocycles. The van der Waals surface area contributed by atoms with Gasteiger partial charge in [-0.25, -0.2) is 0 Å². The molecular weight excluding hydrogens is 316 g/mol. The number of hydrogen-bond donors (Lipinski definition) is 1. The number of hydrogen-bond acceptors (Lipinski definition) is 6. The SMILES string of the molecule is CCNCc1nnc(N(C)Cc2csc(Br)c2)o1. The molecule has 2 aromatic heterocycles. The normalized spacial score (nSPS) is 10.8. The molecule has 2 aromatic rings. The topological polar surface area (TPSA) is 54.2 Å². The lowest BCUT2D eigenvalue weighted by Gasteiger charge is -2.12. The maximum atomic E-state index is 5.56. The first-order valence-electron chi connectivity index (χ1n) is 5.66. The standard InChI is InChI=1S/C11H15BrN4OS/c1-3-13-5-10-14-15-11(17-10)16(2)6-8-4-9(12)18-7-8/h4,7,13H,3,5-6H2,1-2H3. The highest BCUT2D eigenvalue weighted by Crippen LogP contribution is 2.22. The van der Waals surface area contributed by atoms with Crippen LogP contribution in [0.1, 0.15) is 18.4 Å². The van der Waals surface area contributed by atoms with Crippen molar-refractivity contribution in [2.45, 2.75) is 20.0 Å². The van der Waals surface area contributed by atoms with Gasteiger partial charge in [0.2, 0.25) is 5.89 Å². The Morgan fingerprint density at radius 2 is 2.33 bits per heavy atom. The summed E-state index contributed by atoms with van der Waals surface area (Å²) in [6.07, 6.45) is 0. The van der Waals surface area contributed by atoms with Crippen molar-refractivity contribution in [1.29, 1.82) is 0 Å². The molecule has 1 N–H and O–H groups in total. The van der Waals surface area contributed by atoms with E-state index in [0.29, 0.717) is 18.5 Å². The second kappa shape index (κ2) is 6.31. The molecule has 18 heavy (non-hydrogen) atoms. The van der Waals surface area contributed by atoms with Crippen LogP contribution < -0.4 is 10.2 Å². The van der Waals surface area contributed by atoms with Crippen molar-refractivity contribution in [3.05, 3.63) is 26.7 Å². The lowest BCUT2D eigenvalue weighted by atomic mass is 10.3. The summed E-state index contributed by atoms with van der Waals surface area (Å²) in [6.45, 7) is 4.29. The van der Waals surface area contributed by atoms with Gasteiger partial charge < -0.3 is 14.6 Å². The predicted molar refractivity (Wildman–Crippen MR) is 75.8 cm³/mol. The number of nitrogens with zero attached hydrogens (tertiary/aromatic N) is 3. The van der Waals surface area contributed by atoms with E-state index in [9.17, 15) is 0 Å². The molecule has 0 atom stereocenters. The number of anilines is 1. The lowest BCUT2D eigenvalue weighted by Crippen LogP contribution is -2.16. The predicted octanol–water partition coefficient (Wildman–Crippen LogP) is 2.64. The van der Waals surface area contributed by atoms with Crippen LogP contribution in [0.25, 0.3) is 0 Å². The van der Waals surface area contributed by atoms with Gasteiger partial charge in [-0.05, 0) is 39.5 Å². The maximum absolute atomic E-state index is 5.56. The van der Waals surface area contributed by atoms with E-state index in [2.05, 4.69) is 42.9 Å². The fraction of sp³-hybridized carbons (Fsp3) is 0.455. The van der Waals surface area contributed by atoms with E-state index in [1.807, 2.05) is 18.9 Å². The van der Waals surface area contributed by atoms with Crippen LogP contribution in [0.3, 0.4) is 0 Å². The summed E-state index contributed by atoms with van der Waals surface area (Å²) in [5.41, 5.74) is 1.22. The van der Waals surface area contributed by atoms with Crippen LogP contribution in [0.15, 0.2) is 19.6 Å². The van der Waals surface area contributed by atoms with Gasteiger partial charge in [-0.3, -0.25) is 0 Å². The molecule has 0 radical (unpaired) electrons. The second-order valence-electron chi connectivity index (χ2n) is 3.87. The summed E-state index contributed by atoms with van der Waals surface area (Å²) in [5.74, 6) is 0.616. The number of aromatic nitrogens is 2. The van der Waals surface area contributed by atoms with Crippen molar-refractivity contribution >= 4 is 33.3 Å². The van der Waals surface area contributed by atoms with Gasteiger partial charge in [-0.15, -0.1) is 16.4 Å². The van der Waals surface area contributed by atoms with Crippen molar-refractivity contribution in [1.82, 2.24) is 15.5 Å². The molecule has 98 valence electrons. The monoisotopic (exact) mass is 330 g/mol. The molecule has 0 saturated heterocycles. The zero-order valence-electron chi connectivity index (χ0n) is 10.3. The van der Waals surface area contributed by atoms with Gasteiger partial charge in [0.25, 0.3) is 0 Å². The van der Waals surface area contributed by atoms with Crippen molar-refractivity contribution in [2.75, 3.05) is 18.5 Å². The number of rotatable bonds is 6. The Morgan fingerprint density at radius 3 is 3.00 bits per heavy atom. The van der Waals surface area contributed by atoms with Crippen LogP contribution >= 0.6 is 27.3 Å². The molecule has 0 spiro atoms. The molecule has 0 amide bonds. The van der Waals surface area contributed by atoms with Crippen LogP contribution in [0, 0.1) is 0 Å². The van der Waals surface area contributed by atoms with Crippen molar-refractivity contribution < 1.29 is 4.42 Å². The minimum absolute atomic E-state index is 0.547. The molecule has 0 aliphatic rings. The Bertz CT molecular complexity index is 499. The summed E-state index contributed by atoms with van der Waals surface area (Å²) < 4.78 is 6.69. The average Bonchev–Trinajstić information content (AvgIpc) is 2.96. The molecule has 0 fully saturated rings. The third-order valence-electron chi connectivity index (χ3n) is 2.35. The highest BCUT2D eigenvalue weighted by Gasteiger charge is 2.11. The zero-order valence-corrected chi connectivity index (χ0v) is 12.7. The van der Waals surface area contributed by atoms with Gasteiger partial charge in [0.05, 0.1) is 10.3 Å². The minimum atomic E-state index is 0.547. The van der Waals surface area contributed by atoms with E-state index in [1.165, 1.54) is 5.56 Å². The van der Waals surface area contributed by atoms with Gasteiger partial charge in [-0.1, -0.05) is 12.0 Å². The molecular formula is C11H15BrN4OS. The maximum Gasteiger partial charge on any atom is 0.318 e. The van der Waals surface area contributed by atoms with E-state index < -0.39 is 0 Å². The van der Waals surface area contributed by atoms with E-state index >= 15 is 0 Å². The molecule has 5 nitrogen and oxygen atoms in total. The van der Waals surface area contributed by atoms with E-state index in [4.69, 9.17) is 4.42 Å². The Hall–Kier alpha value is -0.920. The molecule has 0 unspecified atom stereocenters. The van der Waals surface area contributed by atoms with Crippen LogP contribution in [0.5, 0.6) is 0 Å². The first kappa shape index (κ1) is 13.5. The van der Waals surface area contributed by atoms with E-state index in [0.717, 1.165) is 16.9 Å². The first-order chi connectivity index (χ1) is 8.69. The highest BCUT2D eigenvalue weighted by atomic mass is 79.9. The van der Waals surface area contributed by atoms with Crippen molar-refractivity contribution in [2.24, 2.45) is 0 Å². The highest BCUT2D eigenvalue weighted by molar-refractivity contribution is 9.11. The Labute approximate surface area is 118 Å². The van der Waals surface area contributed by atoms with Gasteiger partial charge in [0.1, 0.15) is 0 Å². The van der Waals surface area contributed by atoms with Gasteiger partial charge >= 0.3 is 6.01 Å². The summed E-state index contributed by atoms with van der Waals surface area (Å²) in [4.78, 5) is 1.94. The van der Waals surface area contributed by atoms with Crippen molar-refractivity contribution in [3.63, 3.8) is 0 Å². The molecule has 0 aromatic carbocycles. The smallest absolute Gasteiger partial charge is 0.318 e. The van der Waals surface area contributed by atoms with Gasteiger partial charge in [0, 0.05) is 13.6 Å². The van der Waals surface area contributed by atoms with Gasteiger partial charge in [0.15, 0.2) is 0 Å². The lowest BCUT2D eigenvalue weighted by molar-refractivity contribution is 0.469. The molecule has 2 heterocycles. The average molecular weight is 331 g/mol. The summed E-state index contributed by atoms with van der Waals surface area (Å²) >= 11 is 5.12. The third-order valence-corrected chi connectivity index (χ3v) is 3.90. The van der Waals surface area contributed by atoms with E-state index in [-0.39, 0.29) is 0 Å². The summed E-state index contributed by atoms with van der Waals surface area (Å²) in [7, 11) is 1.94. The number of nitrogens with one attached hydrogen (secondary N) is 1. The Balaban J connectivity index is 1.96. The number of halogens is 1. The molecule has 2 rings (SSSR count). The van der Waals surface area contributed by atoms with Crippen LogP contribution in [-0.2, 0) is 13.1 Å². The Morgan fingerprint density at radius 1 is 1.50 bits per heavy atom. The van der Waals surface area contributed by atoms with Crippen molar-refractivity contribution in [3.8, 4) is 0 Å².